The first-order valence-corrected chi connectivity index (χ1v) is 8.96. The van der Waals surface area contributed by atoms with Crippen LogP contribution in [0.2, 0.25) is 0 Å². The molecule has 0 aliphatic carbocycles. The van der Waals surface area contributed by atoms with Crippen molar-refractivity contribution < 1.29 is 24.2 Å². The van der Waals surface area contributed by atoms with Crippen LogP contribution in [0.15, 0.2) is 47.4 Å². The topological polar surface area (TPSA) is 76.1 Å². The molecule has 0 fully saturated rings. The molecular weight excluding hydrogens is 354 g/mol. The average Bonchev–Trinajstić information content (AvgIpc) is 3.09. The molecule has 1 amide bonds. The molecule has 1 aliphatic heterocycles. The molecule has 1 N–H and O–H groups in total. The minimum absolute atomic E-state index is 0.164. The number of carbonyl (C=O) groups is 2. The first-order chi connectivity index (χ1) is 12.5. The fourth-order valence-corrected chi connectivity index (χ4v) is 3.50. The number of rotatable bonds is 6. The Morgan fingerprint density at radius 2 is 1.92 bits per heavy atom. The minimum Gasteiger partial charge on any atom is -0.480 e. The summed E-state index contributed by atoms with van der Waals surface area (Å²) in [7, 11) is 1.72. The molecule has 7 heteroatoms. The van der Waals surface area contributed by atoms with Crippen molar-refractivity contribution in [2.75, 3.05) is 13.8 Å². The van der Waals surface area contributed by atoms with Gasteiger partial charge in [0.1, 0.15) is 5.25 Å². The lowest BCUT2D eigenvalue weighted by Crippen LogP contribution is -2.27. The number of amides is 1. The first-order valence-electron chi connectivity index (χ1n) is 8.08. The monoisotopic (exact) mass is 373 g/mol. The molecule has 0 saturated heterocycles. The zero-order chi connectivity index (χ0) is 18.7. The number of thioether (sulfide) groups is 1. The van der Waals surface area contributed by atoms with Gasteiger partial charge in [0.25, 0.3) is 5.91 Å². The third-order valence-electron chi connectivity index (χ3n) is 3.97. The van der Waals surface area contributed by atoms with Crippen molar-refractivity contribution in [2.45, 2.75) is 23.6 Å². The molecule has 6 nitrogen and oxygen atoms in total. The second-order valence-electron chi connectivity index (χ2n) is 5.94. The smallest absolute Gasteiger partial charge is 0.316 e. The molecule has 0 saturated carbocycles. The molecule has 1 atom stereocenters. The highest BCUT2D eigenvalue weighted by molar-refractivity contribution is 8.00. The van der Waals surface area contributed by atoms with E-state index in [0.717, 1.165) is 17.3 Å². The van der Waals surface area contributed by atoms with Crippen LogP contribution in [0.1, 0.15) is 22.8 Å². The lowest BCUT2D eigenvalue weighted by Gasteiger charge is -2.19. The van der Waals surface area contributed by atoms with Gasteiger partial charge in [-0.25, -0.2) is 0 Å². The number of hydrogen-bond acceptors (Lipinski definition) is 5. The minimum atomic E-state index is -0.911. The molecule has 0 aromatic heterocycles. The zero-order valence-electron chi connectivity index (χ0n) is 14.5. The highest BCUT2D eigenvalue weighted by Gasteiger charge is 2.21. The molecule has 1 aliphatic rings. The Balaban J connectivity index is 1.75. The van der Waals surface area contributed by atoms with Crippen molar-refractivity contribution in [1.29, 1.82) is 0 Å². The van der Waals surface area contributed by atoms with E-state index in [-0.39, 0.29) is 12.7 Å². The Hall–Kier alpha value is -2.67. The van der Waals surface area contributed by atoms with E-state index in [9.17, 15) is 9.59 Å². The number of carbonyl (C=O) groups excluding carboxylic acids is 1. The Kier molecular flexibility index (Phi) is 5.37. The highest BCUT2D eigenvalue weighted by Crippen LogP contribution is 2.33. The lowest BCUT2D eigenvalue weighted by molar-refractivity contribution is -0.136. The van der Waals surface area contributed by atoms with Gasteiger partial charge in [0, 0.05) is 18.5 Å². The van der Waals surface area contributed by atoms with Gasteiger partial charge in [-0.15, -0.1) is 11.8 Å². The third-order valence-corrected chi connectivity index (χ3v) is 5.14. The molecule has 26 heavy (non-hydrogen) atoms. The second-order valence-corrected chi connectivity index (χ2v) is 7.33. The number of aliphatic carboxylic acids is 1. The molecule has 0 radical (unpaired) electrons. The highest BCUT2D eigenvalue weighted by atomic mass is 32.2. The van der Waals surface area contributed by atoms with Gasteiger partial charge in [-0.05, 0) is 36.8 Å². The van der Waals surface area contributed by atoms with Gasteiger partial charge < -0.3 is 19.5 Å². The summed E-state index contributed by atoms with van der Waals surface area (Å²) in [6.45, 7) is 2.22. The maximum atomic E-state index is 12.9. The predicted octanol–water partition coefficient (Wildman–Crippen LogP) is 3.25. The van der Waals surface area contributed by atoms with Crippen LogP contribution in [-0.2, 0) is 11.3 Å². The lowest BCUT2D eigenvalue weighted by atomic mass is 10.1. The van der Waals surface area contributed by atoms with Gasteiger partial charge in [-0.1, -0.05) is 18.2 Å². The van der Waals surface area contributed by atoms with Crippen LogP contribution < -0.4 is 9.47 Å². The summed E-state index contributed by atoms with van der Waals surface area (Å²) >= 11 is 1.16. The average molecular weight is 373 g/mol. The number of fused-ring (bicyclic) bond motifs is 1. The molecule has 2 aromatic carbocycles. The largest absolute Gasteiger partial charge is 0.480 e. The van der Waals surface area contributed by atoms with Crippen LogP contribution in [0.25, 0.3) is 0 Å². The van der Waals surface area contributed by atoms with Gasteiger partial charge in [0.15, 0.2) is 11.5 Å². The predicted molar refractivity (Wildman–Crippen MR) is 97.8 cm³/mol. The maximum Gasteiger partial charge on any atom is 0.316 e. The Labute approximate surface area is 155 Å². The fraction of sp³-hybridized carbons (Fsp3) is 0.263. The van der Waals surface area contributed by atoms with Gasteiger partial charge in [-0.2, -0.15) is 0 Å². The van der Waals surface area contributed by atoms with Crippen molar-refractivity contribution in [3.05, 3.63) is 53.6 Å². The van der Waals surface area contributed by atoms with Crippen LogP contribution in [-0.4, -0.2) is 41.0 Å². The summed E-state index contributed by atoms with van der Waals surface area (Å²) in [5.41, 5.74) is 1.42. The normalized spacial score (nSPS) is 13.3. The zero-order valence-corrected chi connectivity index (χ0v) is 15.3. The van der Waals surface area contributed by atoms with E-state index in [4.69, 9.17) is 14.6 Å². The summed E-state index contributed by atoms with van der Waals surface area (Å²) in [5, 5.41) is 8.48. The van der Waals surface area contributed by atoms with E-state index in [0.29, 0.717) is 28.5 Å². The van der Waals surface area contributed by atoms with Crippen molar-refractivity contribution >= 4 is 23.6 Å². The van der Waals surface area contributed by atoms with E-state index in [1.807, 2.05) is 18.2 Å². The maximum absolute atomic E-state index is 12.9. The summed E-state index contributed by atoms with van der Waals surface area (Å²) < 4.78 is 10.7. The number of benzene rings is 2. The molecule has 1 unspecified atom stereocenters. The summed E-state index contributed by atoms with van der Waals surface area (Å²) in [6, 6.07) is 12.6. The fourth-order valence-electron chi connectivity index (χ4n) is 2.58. The van der Waals surface area contributed by atoms with Gasteiger partial charge in [0.05, 0.1) is 5.56 Å². The van der Waals surface area contributed by atoms with Crippen LogP contribution >= 0.6 is 11.8 Å². The van der Waals surface area contributed by atoms with E-state index < -0.39 is 11.2 Å². The van der Waals surface area contributed by atoms with Gasteiger partial charge in [-0.3, -0.25) is 9.59 Å². The second kappa shape index (κ2) is 7.70. The van der Waals surface area contributed by atoms with Gasteiger partial charge >= 0.3 is 5.97 Å². The van der Waals surface area contributed by atoms with Gasteiger partial charge in [0.2, 0.25) is 6.79 Å². The van der Waals surface area contributed by atoms with Crippen LogP contribution in [0.4, 0.5) is 0 Å². The summed E-state index contributed by atoms with van der Waals surface area (Å²) in [6.07, 6.45) is 0. The van der Waals surface area contributed by atoms with Crippen molar-refractivity contribution in [2.24, 2.45) is 0 Å². The van der Waals surface area contributed by atoms with Crippen LogP contribution in [0.5, 0.6) is 11.5 Å². The number of carboxylic acid groups (broad SMARTS) is 1. The summed E-state index contributed by atoms with van der Waals surface area (Å²) in [5.74, 6) is 0.302. The Bertz CT molecular complexity index is 838. The van der Waals surface area contributed by atoms with E-state index >= 15 is 0 Å². The number of nitrogens with zero attached hydrogens (tertiary/aromatic N) is 1. The summed E-state index contributed by atoms with van der Waals surface area (Å²) in [4.78, 5) is 26.2. The third kappa shape index (κ3) is 3.94. The van der Waals surface area contributed by atoms with Crippen LogP contribution in [0, 0.1) is 0 Å². The standard InChI is InChI=1S/C19H19NO5S/c1-12(19(22)23)26-17-6-4-3-5-14(17)18(21)20(2)10-13-7-8-15-16(9-13)25-11-24-15/h3-9,12H,10-11H2,1-2H3,(H,22,23). The van der Waals surface area contributed by atoms with Crippen molar-refractivity contribution in [3.8, 4) is 11.5 Å². The molecule has 0 spiro atoms. The van der Waals surface area contributed by atoms with Crippen molar-refractivity contribution in [1.82, 2.24) is 4.90 Å². The van der Waals surface area contributed by atoms with Crippen LogP contribution in [0.3, 0.4) is 0 Å². The molecule has 3 rings (SSSR count). The quantitative estimate of drug-likeness (QED) is 0.784. The SMILES string of the molecule is CC(Sc1ccccc1C(=O)N(C)Cc1ccc2c(c1)OCO2)C(=O)O. The van der Waals surface area contributed by atoms with E-state index in [1.54, 1.807) is 43.1 Å². The number of ether oxygens (including phenoxy) is 2. The van der Waals surface area contributed by atoms with Crippen molar-refractivity contribution in [3.63, 3.8) is 0 Å². The molecule has 0 bridgehead atoms. The Morgan fingerprint density at radius 1 is 1.19 bits per heavy atom. The molecule has 1 heterocycles. The number of hydrogen-bond donors (Lipinski definition) is 1. The van der Waals surface area contributed by atoms with E-state index in [1.165, 1.54) is 0 Å². The molecule has 2 aromatic rings. The Morgan fingerprint density at radius 3 is 2.69 bits per heavy atom. The molecular formula is C19H19NO5S. The van der Waals surface area contributed by atoms with E-state index in [2.05, 4.69) is 0 Å². The first kappa shape index (κ1) is 18.1. The number of carboxylic acids is 1. The molecule has 136 valence electrons.